The molecule has 2 saturated heterocycles. The topological polar surface area (TPSA) is 99.6 Å². The van der Waals surface area contributed by atoms with Crippen LogP contribution in [0.4, 0.5) is 0 Å². The minimum Gasteiger partial charge on any atom is -0.481 e. The quantitative estimate of drug-likeness (QED) is 0.831. The van der Waals surface area contributed by atoms with Gasteiger partial charge in [-0.3, -0.25) is 19.4 Å². The van der Waals surface area contributed by atoms with Crippen molar-refractivity contribution in [2.45, 2.75) is 31.7 Å². The van der Waals surface area contributed by atoms with Gasteiger partial charge in [-0.1, -0.05) is 0 Å². The highest BCUT2D eigenvalue weighted by Crippen LogP contribution is 2.37. The SMILES string of the molecule is Cc1ccc(C(=O)N2CCC3(CC2)NC(=O)CC3C(=O)O)cn1. The molecule has 23 heavy (non-hydrogen) atoms. The number of carboxylic acids is 1. The van der Waals surface area contributed by atoms with Crippen LogP contribution in [0.2, 0.25) is 0 Å². The Morgan fingerprint density at radius 2 is 2.04 bits per heavy atom. The lowest BCUT2D eigenvalue weighted by Gasteiger charge is -2.41. The molecule has 0 bridgehead atoms. The maximum absolute atomic E-state index is 12.5. The van der Waals surface area contributed by atoms with Gasteiger partial charge in [0.1, 0.15) is 0 Å². The zero-order valence-electron chi connectivity index (χ0n) is 12.9. The van der Waals surface area contributed by atoms with Gasteiger partial charge < -0.3 is 15.3 Å². The standard InChI is InChI=1S/C16H19N3O4/c1-10-2-3-11(9-17-10)14(21)19-6-4-16(5-7-19)12(15(22)23)8-13(20)18-16/h2-3,9,12H,4-8H2,1H3,(H,18,20)(H,22,23). The van der Waals surface area contributed by atoms with Gasteiger partial charge in [0.15, 0.2) is 0 Å². The van der Waals surface area contributed by atoms with Crippen molar-refractivity contribution in [2.24, 2.45) is 5.92 Å². The van der Waals surface area contributed by atoms with Crippen molar-refractivity contribution in [3.63, 3.8) is 0 Å². The number of carboxylic acid groups (broad SMARTS) is 1. The van der Waals surface area contributed by atoms with E-state index in [0.717, 1.165) is 5.69 Å². The van der Waals surface area contributed by atoms with E-state index in [-0.39, 0.29) is 18.2 Å². The molecule has 2 aliphatic heterocycles. The third kappa shape index (κ3) is 2.78. The number of amides is 2. The Morgan fingerprint density at radius 1 is 1.35 bits per heavy atom. The third-order valence-corrected chi connectivity index (χ3v) is 4.84. The first-order valence-electron chi connectivity index (χ1n) is 7.67. The van der Waals surface area contributed by atoms with Crippen molar-refractivity contribution in [2.75, 3.05) is 13.1 Å². The molecule has 1 unspecified atom stereocenters. The minimum atomic E-state index is -0.953. The monoisotopic (exact) mass is 317 g/mol. The number of pyridine rings is 1. The second-order valence-corrected chi connectivity index (χ2v) is 6.28. The predicted molar refractivity (Wildman–Crippen MR) is 80.7 cm³/mol. The molecule has 1 spiro atoms. The normalized spacial score (nSPS) is 22.9. The van der Waals surface area contributed by atoms with Gasteiger partial charge in [-0.05, 0) is 31.9 Å². The summed E-state index contributed by atoms with van der Waals surface area (Å²) in [4.78, 5) is 41.3. The average molecular weight is 317 g/mol. The van der Waals surface area contributed by atoms with E-state index in [1.807, 2.05) is 6.92 Å². The number of aromatic nitrogens is 1. The van der Waals surface area contributed by atoms with Crippen molar-refractivity contribution in [3.05, 3.63) is 29.6 Å². The van der Waals surface area contributed by atoms with Crippen molar-refractivity contribution >= 4 is 17.8 Å². The molecular formula is C16H19N3O4. The fourth-order valence-corrected chi connectivity index (χ4v) is 3.48. The minimum absolute atomic E-state index is 0.0190. The third-order valence-electron chi connectivity index (χ3n) is 4.84. The van der Waals surface area contributed by atoms with Gasteiger partial charge in [0, 0.05) is 31.4 Å². The Morgan fingerprint density at radius 3 is 2.61 bits per heavy atom. The molecular weight excluding hydrogens is 298 g/mol. The first kappa shape index (κ1) is 15.5. The van der Waals surface area contributed by atoms with Crippen LogP contribution in [0.25, 0.3) is 0 Å². The van der Waals surface area contributed by atoms with Crippen LogP contribution in [0.5, 0.6) is 0 Å². The number of nitrogens with zero attached hydrogens (tertiary/aromatic N) is 2. The molecule has 0 saturated carbocycles. The van der Waals surface area contributed by atoms with Crippen molar-refractivity contribution in [1.29, 1.82) is 0 Å². The lowest BCUT2D eigenvalue weighted by atomic mass is 9.77. The molecule has 0 aromatic carbocycles. The van der Waals surface area contributed by atoms with Crippen LogP contribution in [0.1, 0.15) is 35.3 Å². The van der Waals surface area contributed by atoms with Crippen molar-refractivity contribution in [1.82, 2.24) is 15.2 Å². The number of hydrogen-bond acceptors (Lipinski definition) is 4. The first-order valence-corrected chi connectivity index (χ1v) is 7.67. The van der Waals surface area contributed by atoms with Crippen LogP contribution in [-0.4, -0.2) is 51.4 Å². The molecule has 2 N–H and O–H groups in total. The van der Waals surface area contributed by atoms with Gasteiger partial charge in [-0.25, -0.2) is 0 Å². The summed E-state index contributed by atoms with van der Waals surface area (Å²) in [6.45, 7) is 2.71. The fraction of sp³-hybridized carbons (Fsp3) is 0.500. The van der Waals surface area contributed by atoms with Crippen LogP contribution in [0, 0.1) is 12.8 Å². The van der Waals surface area contributed by atoms with Crippen LogP contribution in [0.15, 0.2) is 18.3 Å². The van der Waals surface area contributed by atoms with E-state index < -0.39 is 17.4 Å². The number of carbonyl (C=O) groups excluding carboxylic acids is 2. The molecule has 2 fully saturated rings. The molecule has 0 aliphatic carbocycles. The largest absolute Gasteiger partial charge is 0.481 e. The zero-order chi connectivity index (χ0) is 16.6. The van der Waals surface area contributed by atoms with E-state index in [1.165, 1.54) is 0 Å². The molecule has 2 amide bonds. The Kier molecular flexibility index (Phi) is 3.79. The highest BCUT2D eigenvalue weighted by atomic mass is 16.4. The Balaban J connectivity index is 1.70. The summed E-state index contributed by atoms with van der Waals surface area (Å²) in [6, 6.07) is 3.53. The van der Waals surface area contributed by atoms with E-state index >= 15 is 0 Å². The van der Waals surface area contributed by atoms with Crippen LogP contribution in [0.3, 0.4) is 0 Å². The number of likely N-dealkylation sites (tertiary alicyclic amines) is 1. The van der Waals surface area contributed by atoms with E-state index in [4.69, 9.17) is 0 Å². The summed E-state index contributed by atoms with van der Waals surface area (Å²) in [7, 11) is 0. The smallest absolute Gasteiger partial charge is 0.309 e. The van der Waals surface area contributed by atoms with E-state index in [1.54, 1.807) is 23.2 Å². The lowest BCUT2D eigenvalue weighted by Crippen LogP contribution is -2.56. The molecule has 122 valence electrons. The van der Waals surface area contributed by atoms with E-state index in [9.17, 15) is 19.5 Å². The molecule has 7 nitrogen and oxygen atoms in total. The number of piperidine rings is 1. The van der Waals surface area contributed by atoms with Gasteiger partial charge in [0.25, 0.3) is 5.91 Å². The number of aryl methyl sites for hydroxylation is 1. The summed E-state index contributed by atoms with van der Waals surface area (Å²) >= 11 is 0. The summed E-state index contributed by atoms with van der Waals surface area (Å²) in [5, 5.41) is 12.2. The number of nitrogens with one attached hydrogen (secondary N) is 1. The highest BCUT2D eigenvalue weighted by Gasteiger charge is 2.52. The summed E-state index contributed by atoms with van der Waals surface area (Å²) in [6.07, 6.45) is 2.49. The van der Waals surface area contributed by atoms with Gasteiger partial charge in [0.2, 0.25) is 5.91 Å². The molecule has 1 atom stereocenters. The predicted octanol–water partition coefficient (Wildman–Crippen LogP) is 0.586. The molecule has 3 heterocycles. The Hall–Kier alpha value is -2.44. The van der Waals surface area contributed by atoms with Crippen LogP contribution < -0.4 is 5.32 Å². The Bertz CT molecular complexity index is 648. The number of aliphatic carboxylic acids is 1. The maximum Gasteiger partial charge on any atom is 0.309 e. The summed E-state index contributed by atoms with van der Waals surface area (Å²) < 4.78 is 0. The maximum atomic E-state index is 12.5. The molecule has 2 aliphatic rings. The summed E-state index contributed by atoms with van der Waals surface area (Å²) in [5.74, 6) is -2.00. The molecule has 0 radical (unpaired) electrons. The molecule has 1 aromatic rings. The number of hydrogen-bond donors (Lipinski definition) is 2. The fourth-order valence-electron chi connectivity index (χ4n) is 3.48. The Labute approximate surface area is 133 Å². The van der Waals surface area contributed by atoms with Gasteiger partial charge >= 0.3 is 5.97 Å². The first-order chi connectivity index (χ1) is 10.9. The molecule has 1 aromatic heterocycles. The van der Waals surface area contributed by atoms with E-state index in [2.05, 4.69) is 10.3 Å². The highest BCUT2D eigenvalue weighted by molar-refractivity contribution is 5.94. The van der Waals surface area contributed by atoms with Gasteiger partial charge in [0.05, 0.1) is 17.0 Å². The molecule has 3 rings (SSSR count). The number of rotatable bonds is 2. The van der Waals surface area contributed by atoms with Gasteiger partial charge in [-0.2, -0.15) is 0 Å². The van der Waals surface area contributed by atoms with E-state index in [0.29, 0.717) is 31.5 Å². The van der Waals surface area contributed by atoms with Crippen molar-refractivity contribution in [3.8, 4) is 0 Å². The van der Waals surface area contributed by atoms with Crippen LogP contribution in [-0.2, 0) is 9.59 Å². The van der Waals surface area contributed by atoms with Gasteiger partial charge in [-0.15, -0.1) is 0 Å². The molecule has 7 heteroatoms. The summed E-state index contributed by atoms with van der Waals surface area (Å²) in [5.41, 5.74) is 0.652. The second-order valence-electron chi connectivity index (χ2n) is 6.28. The number of carbonyl (C=O) groups is 3. The van der Waals surface area contributed by atoms with Crippen LogP contribution >= 0.6 is 0 Å². The second kappa shape index (κ2) is 5.64. The van der Waals surface area contributed by atoms with Crippen molar-refractivity contribution < 1.29 is 19.5 Å². The zero-order valence-corrected chi connectivity index (χ0v) is 12.9. The average Bonchev–Trinajstić information content (AvgIpc) is 2.84. The lowest BCUT2D eigenvalue weighted by molar-refractivity contribution is -0.144.